The minimum Gasteiger partial charge on any atom is -0.385 e. The number of amides is 1. The van der Waals surface area contributed by atoms with E-state index < -0.39 is 5.91 Å². The first-order valence-corrected chi connectivity index (χ1v) is 11.3. The molecule has 2 aliphatic heterocycles. The van der Waals surface area contributed by atoms with Crippen molar-refractivity contribution in [3.05, 3.63) is 77.9 Å². The Labute approximate surface area is 211 Å². The average molecular weight is 499 g/mol. The fourth-order valence-corrected chi connectivity index (χ4v) is 4.00. The number of likely N-dealkylation sites (N-methyl/N-ethyl adjacent to an activating group) is 1. The van der Waals surface area contributed by atoms with Crippen molar-refractivity contribution in [2.75, 3.05) is 42.7 Å². The molecule has 1 fully saturated rings. The highest BCUT2D eigenvalue weighted by Gasteiger charge is 2.27. The highest BCUT2D eigenvalue weighted by Crippen LogP contribution is 2.27. The molecule has 13 heteroatoms. The number of nitrogens with zero attached hydrogens (tertiary/aromatic N) is 7. The van der Waals surface area contributed by atoms with Gasteiger partial charge in [-0.1, -0.05) is 6.07 Å². The summed E-state index contributed by atoms with van der Waals surface area (Å²) in [6, 6.07) is 7.08. The second-order valence-electron chi connectivity index (χ2n) is 8.07. The largest absolute Gasteiger partial charge is 0.385 e. The Balaban J connectivity index is 1.46. The first-order chi connectivity index (χ1) is 18.0. The van der Waals surface area contributed by atoms with Crippen LogP contribution in [0.1, 0.15) is 10.5 Å². The Kier molecular flexibility index (Phi) is 6.13. The monoisotopic (exact) mass is 498 g/mol. The number of allylic oxidation sites excluding steroid dienone is 2. The predicted molar refractivity (Wildman–Crippen MR) is 135 cm³/mol. The zero-order chi connectivity index (χ0) is 25.9. The van der Waals surface area contributed by atoms with Crippen LogP contribution in [0.2, 0.25) is 0 Å². The van der Waals surface area contributed by atoms with Crippen LogP contribution in [-0.4, -0.2) is 74.5 Å². The van der Waals surface area contributed by atoms with E-state index in [2.05, 4.69) is 31.1 Å². The third-order valence-corrected chi connectivity index (χ3v) is 5.82. The second kappa shape index (κ2) is 9.70. The van der Waals surface area contributed by atoms with Crippen LogP contribution in [0, 0.1) is 0 Å². The van der Waals surface area contributed by atoms with Gasteiger partial charge in [0, 0.05) is 39.1 Å². The number of carbonyl (C=O) groups excluding carboxylic acids is 3. The van der Waals surface area contributed by atoms with Gasteiger partial charge in [-0.3, -0.25) is 20.1 Å². The molecule has 0 aromatic carbocycles. The van der Waals surface area contributed by atoms with Crippen molar-refractivity contribution in [1.29, 1.82) is 0 Å². The van der Waals surface area contributed by atoms with E-state index in [4.69, 9.17) is 0 Å². The molecule has 0 radical (unpaired) electrons. The number of hydrazine groups is 1. The zero-order valence-electron chi connectivity index (χ0n) is 20.0. The molecule has 2 aliphatic rings. The molecule has 1 saturated heterocycles. The topological polar surface area (TPSA) is 140 Å². The van der Waals surface area contributed by atoms with Gasteiger partial charge >= 0.3 is 0 Å². The first-order valence-electron chi connectivity index (χ1n) is 11.3. The molecule has 0 atom stereocenters. The molecule has 5 heterocycles. The summed E-state index contributed by atoms with van der Waals surface area (Å²) in [7, 11) is 3.46. The molecule has 0 unspecified atom stereocenters. The summed E-state index contributed by atoms with van der Waals surface area (Å²) in [5.41, 5.74) is 4.51. The highest BCUT2D eigenvalue weighted by molar-refractivity contribution is 5.94. The Bertz CT molecular complexity index is 1530. The molecule has 3 aromatic heterocycles. The van der Waals surface area contributed by atoms with Gasteiger partial charge < -0.3 is 15.5 Å². The lowest BCUT2D eigenvalue weighted by atomic mass is 10.2. The number of fused-ring (bicyclic) bond motifs is 1. The van der Waals surface area contributed by atoms with Crippen molar-refractivity contribution in [1.82, 2.24) is 34.9 Å². The standard InChI is InChI=1S/C24H22N10O3/c1-25-17-12-20(28-16-6-5-9-32(19(16)14-35)21-7-3-4-8-26-21)29-34-18(13-27-23(17)34)24(37)30-33-11-10-31(2)22(33)15-36/h3-9,12-13,25H,10-11H2,1-2H3,(H,28,29)(H,30,37). The molecule has 0 spiro atoms. The van der Waals surface area contributed by atoms with Crippen LogP contribution in [0.3, 0.4) is 0 Å². The van der Waals surface area contributed by atoms with E-state index in [0.717, 1.165) is 0 Å². The number of hydrogen-bond acceptors (Lipinski definition) is 11. The number of rotatable bonds is 6. The van der Waals surface area contributed by atoms with Gasteiger partial charge in [-0.15, -0.1) is 5.10 Å². The minimum absolute atomic E-state index is 0.147. The van der Waals surface area contributed by atoms with Crippen LogP contribution >= 0.6 is 0 Å². The maximum Gasteiger partial charge on any atom is 0.290 e. The predicted octanol–water partition coefficient (Wildman–Crippen LogP) is 0.776. The van der Waals surface area contributed by atoms with E-state index >= 15 is 0 Å². The molecule has 3 aromatic rings. The van der Waals surface area contributed by atoms with Crippen LogP contribution < -0.4 is 21.0 Å². The highest BCUT2D eigenvalue weighted by atomic mass is 16.2. The molecule has 13 nitrogen and oxygen atoms in total. The van der Waals surface area contributed by atoms with Gasteiger partial charge in [0.1, 0.15) is 5.82 Å². The molecule has 0 aliphatic carbocycles. The second-order valence-corrected chi connectivity index (χ2v) is 8.07. The van der Waals surface area contributed by atoms with Crippen LogP contribution in [0.4, 0.5) is 17.3 Å². The Morgan fingerprint density at radius 2 is 2.00 bits per heavy atom. The van der Waals surface area contributed by atoms with Crippen LogP contribution in [0.5, 0.6) is 0 Å². The maximum atomic E-state index is 13.1. The van der Waals surface area contributed by atoms with E-state index in [9.17, 15) is 14.4 Å². The van der Waals surface area contributed by atoms with Crippen molar-refractivity contribution >= 4 is 40.8 Å². The summed E-state index contributed by atoms with van der Waals surface area (Å²) in [6.07, 6.45) is 8.21. The third-order valence-electron chi connectivity index (χ3n) is 5.82. The summed E-state index contributed by atoms with van der Waals surface area (Å²) in [5.74, 6) is 4.43. The fraction of sp³-hybridized carbons (Fsp3) is 0.167. The van der Waals surface area contributed by atoms with Gasteiger partial charge in [-0.2, -0.15) is 0 Å². The number of pyridine rings is 1. The van der Waals surface area contributed by atoms with Gasteiger partial charge in [0.25, 0.3) is 5.91 Å². The van der Waals surface area contributed by atoms with Crippen molar-refractivity contribution in [3.63, 3.8) is 0 Å². The summed E-state index contributed by atoms with van der Waals surface area (Å²) in [6.45, 7) is 1.00. The van der Waals surface area contributed by atoms with E-state index in [1.54, 1.807) is 66.6 Å². The first kappa shape index (κ1) is 23.4. The van der Waals surface area contributed by atoms with Crippen molar-refractivity contribution in [2.24, 2.45) is 0 Å². The number of imidazole rings is 1. The minimum atomic E-state index is -0.503. The molecule has 1 amide bonds. The van der Waals surface area contributed by atoms with E-state index in [1.807, 2.05) is 17.9 Å². The number of anilines is 3. The third kappa shape index (κ3) is 4.27. The van der Waals surface area contributed by atoms with Crippen LogP contribution in [0.15, 0.2) is 72.2 Å². The number of nitrogens with one attached hydrogen (secondary N) is 3. The van der Waals surface area contributed by atoms with Gasteiger partial charge in [0.15, 0.2) is 34.7 Å². The summed E-state index contributed by atoms with van der Waals surface area (Å²) >= 11 is 0. The van der Waals surface area contributed by atoms with E-state index in [-0.39, 0.29) is 17.2 Å². The summed E-state index contributed by atoms with van der Waals surface area (Å²) in [5, 5.41) is 12.2. The van der Waals surface area contributed by atoms with Gasteiger partial charge in [0.05, 0.1) is 24.1 Å². The van der Waals surface area contributed by atoms with Crippen LogP contribution in [-0.2, 0) is 9.59 Å². The molecular formula is C24H22N10O3. The fourth-order valence-electron chi connectivity index (χ4n) is 4.00. The molecule has 186 valence electrons. The van der Waals surface area contributed by atoms with Gasteiger partial charge in [-0.25, -0.2) is 24.1 Å². The number of hydrogen-bond donors (Lipinski definition) is 3. The molecule has 0 saturated carbocycles. The zero-order valence-corrected chi connectivity index (χ0v) is 20.0. The van der Waals surface area contributed by atoms with Gasteiger partial charge in [0.2, 0.25) is 5.82 Å². The Morgan fingerprint density at radius 1 is 1.14 bits per heavy atom. The SMILES string of the molecule is CNc1cc(NC2=CC=CN(c3ccccn3)C2=C=O)nn2c(C(=O)NN3CCN(C)C3=C=O)cnc12. The van der Waals surface area contributed by atoms with E-state index in [1.165, 1.54) is 15.7 Å². The summed E-state index contributed by atoms with van der Waals surface area (Å²) < 4.78 is 1.38. The smallest absolute Gasteiger partial charge is 0.290 e. The molecule has 0 bridgehead atoms. The molecule has 37 heavy (non-hydrogen) atoms. The lowest BCUT2D eigenvalue weighted by Gasteiger charge is -2.24. The lowest BCUT2D eigenvalue weighted by molar-refractivity contribution is 0.0843. The maximum absolute atomic E-state index is 13.1. The quantitative estimate of drug-likeness (QED) is 0.415. The van der Waals surface area contributed by atoms with Crippen LogP contribution in [0.25, 0.3) is 5.65 Å². The van der Waals surface area contributed by atoms with Crippen molar-refractivity contribution < 1.29 is 14.4 Å². The van der Waals surface area contributed by atoms with E-state index in [0.29, 0.717) is 41.8 Å². The number of aromatic nitrogens is 4. The molecular weight excluding hydrogens is 476 g/mol. The lowest BCUT2D eigenvalue weighted by Crippen LogP contribution is -2.41. The normalized spacial score (nSPS) is 15.0. The Hall–Kier alpha value is -5.38. The van der Waals surface area contributed by atoms with Crippen molar-refractivity contribution in [2.45, 2.75) is 0 Å². The number of carbonyl (C=O) groups is 1. The summed E-state index contributed by atoms with van der Waals surface area (Å²) in [4.78, 5) is 48.3. The van der Waals surface area contributed by atoms with Gasteiger partial charge in [-0.05, 0) is 24.3 Å². The molecule has 5 rings (SSSR count). The average Bonchev–Trinajstić information content (AvgIpc) is 3.51. The molecule has 3 N–H and O–H groups in total. The van der Waals surface area contributed by atoms with Crippen molar-refractivity contribution in [3.8, 4) is 0 Å². The Morgan fingerprint density at radius 3 is 2.73 bits per heavy atom.